The van der Waals surface area contributed by atoms with Gasteiger partial charge in [-0.1, -0.05) is 33.6 Å². The Balaban J connectivity index is 0. The molecule has 3 nitrogen and oxygen atoms in total. The molecule has 1 atom stereocenters. The highest BCUT2D eigenvalue weighted by atomic mass is 16.5. The van der Waals surface area contributed by atoms with Crippen molar-refractivity contribution in [1.82, 2.24) is 0 Å². The van der Waals surface area contributed by atoms with Crippen LogP contribution >= 0.6 is 0 Å². The molecule has 18 heavy (non-hydrogen) atoms. The van der Waals surface area contributed by atoms with Crippen LogP contribution < -0.4 is 0 Å². The van der Waals surface area contributed by atoms with E-state index in [0.29, 0.717) is 6.23 Å². The fraction of sp³-hybridized carbons (Fsp3) is 1.00. The van der Waals surface area contributed by atoms with Gasteiger partial charge in [-0.25, -0.2) is 0 Å². The average molecular weight is 261 g/mol. The van der Waals surface area contributed by atoms with Crippen molar-refractivity contribution in [1.29, 1.82) is 0 Å². The molecule has 112 valence electrons. The van der Waals surface area contributed by atoms with Crippen molar-refractivity contribution in [3.63, 3.8) is 0 Å². The van der Waals surface area contributed by atoms with E-state index in [1.807, 2.05) is 7.11 Å². The summed E-state index contributed by atoms with van der Waals surface area (Å²) >= 11 is 0. The van der Waals surface area contributed by atoms with Gasteiger partial charge < -0.3 is 10.2 Å². The highest BCUT2D eigenvalue weighted by Crippen LogP contribution is 2.21. The van der Waals surface area contributed by atoms with Gasteiger partial charge in [0.1, 0.15) is 0 Å². The fourth-order valence-electron chi connectivity index (χ4n) is 2.73. The van der Waals surface area contributed by atoms with Gasteiger partial charge in [-0.05, 0) is 26.2 Å². The zero-order valence-corrected chi connectivity index (χ0v) is 13.2. The quantitative estimate of drug-likeness (QED) is 0.416. The van der Waals surface area contributed by atoms with Gasteiger partial charge in [0, 0.05) is 13.5 Å². The summed E-state index contributed by atoms with van der Waals surface area (Å²) < 4.78 is 6.99. The lowest BCUT2D eigenvalue weighted by molar-refractivity contribution is -0.970. The van der Waals surface area contributed by atoms with E-state index in [-0.39, 0.29) is 5.48 Å². The number of unbranched alkanes of at least 4 members (excludes halogenated alkanes) is 2. The second-order valence-corrected chi connectivity index (χ2v) is 5.17. The Morgan fingerprint density at radius 1 is 0.889 bits per heavy atom. The first kappa shape index (κ1) is 20.2. The van der Waals surface area contributed by atoms with E-state index >= 15 is 0 Å². The van der Waals surface area contributed by atoms with Gasteiger partial charge in [-0.3, -0.25) is 4.48 Å². The summed E-state index contributed by atoms with van der Waals surface area (Å²) in [5.74, 6) is 0. The molecule has 0 saturated heterocycles. The predicted molar refractivity (Wildman–Crippen MR) is 78.0 cm³/mol. The largest absolute Gasteiger partial charge is 0.870 e. The van der Waals surface area contributed by atoms with E-state index in [1.165, 1.54) is 62.6 Å². The summed E-state index contributed by atoms with van der Waals surface area (Å²) in [6.07, 6.45) is 8.03. The summed E-state index contributed by atoms with van der Waals surface area (Å²) in [7, 11) is 1.89. The molecule has 0 fully saturated rings. The molecule has 0 aromatic heterocycles. The maximum atomic E-state index is 5.81. The third kappa shape index (κ3) is 6.17. The molecule has 0 amide bonds. The van der Waals surface area contributed by atoms with Gasteiger partial charge in [0.05, 0.1) is 19.6 Å². The van der Waals surface area contributed by atoms with Crippen LogP contribution in [0.5, 0.6) is 0 Å². The Labute approximate surface area is 114 Å². The lowest BCUT2D eigenvalue weighted by Gasteiger charge is -2.43. The predicted octanol–water partition coefficient (Wildman–Crippen LogP) is 4.02. The van der Waals surface area contributed by atoms with Gasteiger partial charge in [0.15, 0.2) is 6.23 Å². The minimum absolute atomic E-state index is 0. The van der Waals surface area contributed by atoms with Crippen LogP contribution in [0.2, 0.25) is 0 Å². The Bertz CT molecular complexity index is 166. The van der Waals surface area contributed by atoms with Gasteiger partial charge in [0.2, 0.25) is 0 Å². The molecule has 0 aliphatic carbocycles. The summed E-state index contributed by atoms with van der Waals surface area (Å²) in [6.45, 7) is 12.9. The number of rotatable bonds is 11. The Kier molecular flexibility index (Phi) is 13.4. The van der Waals surface area contributed by atoms with Gasteiger partial charge in [-0.2, -0.15) is 0 Å². The molecule has 0 heterocycles. The molecule has 0 radical (unpaired) electrons. The van der Waals surface area contributed by atoms with Crippen molar-refractivity contribution in [2.75, 3.05) is 26.7 Å². The van der Waals surface area contributed by atoms with Crippen molar-refractivity contribution >= 4 is 0 Å². The van der Waals surface area contributed by atoms with Crippen molar-refractivity contribution in [3.8, 4) is 0 Å². The molecule has 0 aliphatic heterocycles. The molecule has 0 bridgehead atoms. The van der Waals surface area contributed by atoms with Crippen molar-refractivity contribution < 1.29 is 14.7 Å². The van der Waals surface area contributed by atoms with Gasteiger partial charge in [0.25, 0.3) is 0 Å². The van der Waals surface area contributed by atoms with Crippen LogP contribution in [-0.2, 0) is 4.74 Å². The van der Waals surface area contributed by atoms with E-state index in [4.69, 9.17) is 4.74 Å². The van der Waals surface area contributed by atoms with Crippen molar-refractivity contribution in [2.24, 2.45) is 0 Å². The van der Waals surface area contributed by atoms with E-state index in [0.717, 1.165) is 0 Å². The first-order valence-corrected chi connectivity index (χ1v) is 7.59. The topological polar surface area (TPSA) is 39.2 Å². The summed E-state index contributed by atoms with van der Waals surface area (Å²) in [5, 5.41) is 0. The molecule has 0 aromatic carbocycles. The first-order chi connectivity index (χ1) is 8.20. The van der Waals surface area contributed by atoms with E-state index in [9.17, 15) is 0 Å². The Morgan fingerprint density at radius 2 is 1.39 bits per heavy atom. The molecule has 0 rings (SSSR count). The second kappa shape index (κ2) is 11.9. The van der Waals surface area contributed by atoms with E-state index < -0.39 is 0 Å². The van der Waals surface area contributed by atoms with Crippen LogP contribution in [0.25, 0.3) is 0 Å². The molecule has 0 spiro atoms. The van der Waals surface area contributed by atoms with Crippen LogP contribution in [0.3, 0.4) is 0 Å². The third-order valence-corrected chi connectivity index (χ3v) is 3.96. The van der Waals surface area contributed by atoms with Crippen LogP contribution in [0.4, 0.5) is 0 Å². The molecule has 3 heteroatoms. The number of hydrogen-bond acceptors (Lipinski definition) is 2. The highest BCUT2D eigenvalue weighted by Gasteiger charge is 2.33. The molecule has 1 N–H and O–H groups in total. The average Bonchev–Trinajstić information content (AvgIpc) is 2.37. The van der Waals surface area contributed by atoms with Crippen molar-refractivity contribution in [3.05, 3.63) is 0 Å². The lowest BCUT2D eigenvalue weighted by atomic mass is 10.1. The molecule has 1 unspecified atom stereocenters. The van der Waals surface area contributed by atoms with Crippen LogP contribution in [0.1, 0.15) is 66.2 Å². The number of quaternary nitrogens is 1. The summed E-state index contributed by atoms with van der Waals surface area (Å²) in [5.41, 5.74) is 0. The molecule has 0 saturated carbocycles. The van der Waals surface area contributed by atoms with Crippen molar-refractivity contribution in [2.45, 2.75) is 72.4 Å². The fourth-order valence-corrected chi connectivity index (χ4v) is 2.73. The number of methoxy groups -OCH3 is 1. The number of ether oxygens (including phenoxy) is 1. The highest BCUT2D eigenvalue weighted by molar-refractivity contribution is 4.52. The SMILES string of the molecule is CCCC[N+](CC)(CCCC)C(CCC)OC.[OH-]. The normalized spacial score (nSPS) is 13.2. The monoisotopic (exact) mass is 261 g/mol. The lowest BCUT2D eigenvalue weighted by Crippen LogP contribution is -2.57. The van der Waals surface area contributed by atoms with Crippen LogP contribution in [0, 0.1) is 0 Å². The first-order valence-electron chi connectivity index (χ1n) is 7.59. The zero-order chi connectivity index (χ0) is 13.1. The summed E-state index contributed by atoms with van der Waals surface area (Å²) in [4.78, 5) is 0. The second-order valence-electron chi connectivity index (χ2n) is 5.17. The van der Waals surface area contributed by atoms with E-state index in [1.54, 1.807) is 0 Å². The zero-order valence-electron chi connectivity index (χ0n) is 13.2. The van der Waals surface area contributed by atoms with Gasteiger partial charge in [-0.15, -0.1) is 0 Å². The molecule has 0 aliphatic rings. The minimum Gasteiger partial charge on any atom is -0.870 e. The maximum Gasteiger partial charge on any atom is 0.192 e. The summed E-state index contributed by atoms with van der Waals surface area (Å²) in [6, 6.07) is 0. The standard InChI is InChI=1S/C15H34NO.H2O/c1-6-10-13-16(9-4,14-11-7-2)15(17-5)12-8-3;/h15H,6-14H2,1-5H3;1H2/q+1;/p-1. The molecular formula is C15H35NO2. The Morgan fingerprint density at radius 3 is 1.67 bits per heavy atom. The van der Waals surface area contributed by atoms with Gasteiger partial charge >= 0.3 is 0 Å². The maximum absolute atomic E-state index is 5.81. The van der Waals surface area contributed by atoms with Crippen LogP contribution in [-0.4, -0.2) is 42.9 Å². The van der Waals surface area contributed by atoms with Crippen LogP contribution in [0.15, 0.2) is 0 Å². The van der Waals surface area contributed by atoms with E-state index in [2.05, 4.69) is 27.7 Å². The smallest absolute Gasteiger partial charge is 0.192 e. The molecular weight excluding hydrogens is 226 g/mol. The molecule has 0 aromatic rings. The Hall–Kier alpha value is -0.120. The minimum atomic E-state index is 0. The number of hydrogen-bond donors (Lipinski definition) is 0. The third-order valence-electron chi connectivity index (χ3n) is 3.96. The number of nitrogens with zero attached hydrogens (tertiary/aromatic N) is 1.